The van der Waals surface area contributed by atoms with E-state index in [1.807, 2.05) is 31.2 Å². The number of aryl methyl sites for hydroxylation is 1. The number of aromatic nitrogens is 2. The van der Waals surface area contributed by atoms with Crippen LogP contribution in [0.3, 0.4) is 0 Å². The van der Waals surface area contributed by atoms with Gasteiger partial charge in [0.2, 0.25) is 0 Å². The summed E-state index contributed by atoms with van der Waals surface area (Å²) in [5.41, 5.74) is 2.79. The van der Waals surface area contributed by atoms with Crippen molar-refractivity contribution >= 4 is 0 Å². The highest BCUT2D eigenvalue weighted by molar-refractivity contribution is 5.65. The molecular weight excluding hydrogens is 212 g/mol. The predicted octanol–water partition coefficient (Wildman–Crippen LogP) is 3.22. The van der Waals surface area contributed by atoms with E-state index >= 15 is 0 Å². The van der Waals surface area contributed by atoms with E-state index in [0.29, 0.717) is 11.6 Å². The molecule has 1 heterocycles. The normalized spacial score (nSPS) is 11.1. The number of rotatable bonds is 3. The average molecular weight is 230 g/mol. The molecule has 0 spiro atoms. The molecule has 3 heteroatoms. The van der Waals surface area contributed by atoms with Gasteiger partial charge in [-0.1, -0.05) is 37.6 Å². The number of aromatic hydroxyl groups is 1. The summed E-state index contributed by atoms with van der Waals surface area (Å²) in [6, 6.07) is 8.01. The van der Waals surface area contributed by atoms with Crippen LogP contribution in [-0.2, 0) is 6.54 Å². The number of nitrogens with zero attached hydrogens (tertiary/aromatic N) is 2. The summed E-state index contributed by atoms with van der Waals surface area (Å²) >= 11 is 0. The fraction of sp³-hybridized carbons (Fsp3) is 0.357. The Bertz CT molecular complexity index is 515. The predicted molar refractivity (Wildman–Crippen MR) is 68.9 cm³/mol. The first kappa shape index (κ1) is 11.7. The minimum absolute atomic E-state index is 0.247. The molecule has 0 saturated heterocycles. The molecule has 3 nitrogen and oxygen atoms in total. The maximum Gasteiger partial charge on any atom is 0.161 e. The minimum atomic E-state index is 0.247. The summed E-state index contributed by atoms with van der Waals surface area (Å²) in [5, 5.41) is 14.3. The first-order chi connectivity index (χ1) is 8.06. The highest BCUT2D eigenvalue weighted by Crippen LogP contribution is 2.27. The minimum Gasteiger partial charge on any atom is -0.504 e. The van der Waals surface area contributed by atoms with E-state index in [1.54, 1.807) is 10.9 Å². The average Bonchev–Trinajstić information content (AvgIpc) is 2.58. The quantitative estimate of drug-likeness (QED) is 0.879. The third-order valence-corrected chi connectivity index (χ3v) is 2.59. The second-order valence-corrected chi connectivity index (χ2v) is 4.85. The molecule has 1 aromatic carbocycles. The Morgan fingerprint density at radius 1 is 1.35 bits per heavy atom. The Morgan fingerprint density at radius 3 is 2.76 bits per heavy atom. The third-order valence-electron chi connectivity index (χ3n) is 2.59. The van der Waals surface area contributed by atoms with E-state index in [2.05, 4.69) is 18.9 Å². The van der Waals surface area contributed by atoms with E-state index in [-0.39, 0.29) is 5.75 Å². The largest absolute Gasteiger partial charge is 0.504 e. The second kappa shape index (κ2) is 4.62. The molecule has 0 saturated carbocycles. The third kappa shape index (κ3) is 2.67. The lowest BCUT2D eigenvalue weighted by Gasteiger charge is -2.03. The number of hydrogen-bond acceptors (Lipinski definition) is 2. The van der Waals surface area contributed by atoms with Crippen molar-refractivity contribution in [3.63, 3.8) is 0 Å². The number of hydrogen-bond donors (Lipinski definition) is 1. The molecule has 0 unspecified atom stereocenters. The lowest BCUT2D eigenvalue weighted by atomic mass is 10.1. The van der Waals surface area contributed by atoms with Crippen molar-refractivity contribution in [2.75, 3.05) is 0 Å². The smallest absolute Gasteiger partial charge is 0.161 e. The molecule has 0 aliphatic rings. The summed E-state index contributed by atoms with van der Waals surface area (Å²) < 4.78 is 1.80. The van der Waals surface area contributed by atoms with Crippen molar-refractivity contribution in [2.24, 2.45) is 5.92 Å². The van der Waals surface area contributed by atoms with Gasteiger partial charge in [0, 0.05) is 12.1 Å². The lowest BCUT2D eigenvalue weighted by Crippen LogP contribution is -2.04. The summed E-state index contributed by atoms with van der Waals surface area (Å²) in [6.45, 7) is 7.11. The van der Waals surface area contributed by atoms with Gasteiger partial charge in [0.25, 0.3) is 0 Å². The molecule has 0 aliphatic heterocycles. The van der Waals surface area contributed by atoms with Crippen LogP contribution in [0, 0.1) is 12.8 Å². The highest BCUT2D eigenvalue weighted by Gasteiger charge is 2.10. The molecule has 1 N–H and O–H groups in total. The van der Waals surface area contributed by atoms with Gasteiger partial charge in [0.15, 0.2) is 5.75 Å². The standard InChI is InChI=1S/C14H18N2O/c1-10(2)8-16-9-13(17)14(15-16)12-6-4-5-11(3)7-12/h4-7,9-10,17H,8H2,1-3H3. The van der Waals surface area contributed by atoms with Crippen molar-refractivity contribution < 1.29 is 5.11 Å². The maximum absolute atomic E-state index is 9.91. The SMILES string of the molecule is Cc1cccc(-c2nn(CC(C)C)cc2O)c1. The van der Waals surface area contributed by atoms with Crippen molar-refractivity contribution in [3.05, 3.63) is 36.0 Å². The molecule has 17 heavy (non-hydrogen) atoms. The summed E-state index contributed by atoms with van der Waals surface area (Å²) in [5.74, 6) is 0.760. The van der Waals surface area contributed by atoms with Crippen LogP contribution in [0.25, 0.3) is 11.3 Å². The van der Waals surface area contributed by atoms with Crippen molar-refractivity contribution in [3.8, 4) is 17.0 Å². The van der Waals surface area contributed by atoms with Gasteiger partial charge in [-0.25, -0.2) is 0 Å². The molecule has 0 atom stereocenters. The van der Waals surface area contributed by atoms with Gasteiger partial charge >= 0.3 is 0 Å². The maximum atomic E-state index is 9.91. The van der Waals surface area contributed by atoms with Gasteiger partial charge < -0.3 is 5.11 Å². The molecule has 90 valence electrons. The Balaban J connectivity index is 2.36. The zero-order valence-electron chi connectivity index (χ0n) is 10.5. The molecular formula is C14H18N2O. The fourth-order valence-corrected chi connectivity index (χ4v) is 1.88. The Kier molecular flexibility index (Phi) is 3.18. The Labute approximate surface area is 102 Å². The molecule has 0 radical (unpaired) electrons. The molecule has 0 bridgehead atoms. The van der Waals surface area contributed by atoms with Crippen molar-refractivity contribution in [2.45, 2.75) is 27.3 Å². The summed E-state index contributed by atoms with van der Waals surface area (Å²) in [6.07, 6.45) is 1.69. The van der Waals surface area contributed by atoms with Gasteiger partial charge in [-0.2, -0.15) is 5.10 Å². The van der Waals surface area contributed by atoms with Gasteiger partial charge in [-0.3, -0.25) is 4.68 Å². The zero-order valence-corrected chi connectivity index (χ0v) is 10.5. The fourth-order valence-electron chi connectivity index (χ4n) is 1.88. The van der Waals surface area contributed by atoms with Crippen LogP contribution in [0.1, 0.15) is 19.4 Å². The van der Waals surface area contributed by atoms with E-state index in [9.17, 15) is 5.11 Å². The molecule has 0 amide bonds. The van der Waals surface area contributed by atoms with Crippen LogP contribution in [0.5, 0.6) is 5.75 Å². The van der Waals surface area contributed by atoms with E-state index in [1.165, 1.54) is 5.56 Å². The first-order valence-corrected chi connectivity index (χ1v) is 5.89. The molecule has 2 aromatic rings. The van der Waals surface area contributed by atoms with Crippen LogP contribution in [-0.4, -0.2) is 14.9 Å². The molecule has 0 aliphatic carbocycles. The van der Waals surface area contributed by atoms with Gasteiger partial charge in [0.1, 0.15) is 5.69 Å². The zero-order chi connectivity index (χ0) is 12.4. The monoisotopic (exact) mass is 230 g/mol. The van der Waals surface area contributed by atoms with Crippen LogP contribution < -0.4 is 0 Å². The van der Waals surface area contributed by atoms with Gasteiger partial charge in [-0.15, -0.1) is 0 Å². The van der Waals surface area contributed by atoms with Gasteiger partial charge in [-0.05, 0) is 18.9 Å². The Morgan fingerprint density at radius 2 is 2.12 bits per heavy atom. The van der Waals surface area contributed by atoms with Gasteiger partial charge in [0.05, 0.1) is 6.20 Å². The van der Waals surface area contributed by atoms with Crippen molar-refractivity contribution in [1.29, 1.82) is 0 Å². The Hall–Kier alpha value is -1.77. The topological polar surface area (TPSA) is 38.0 Å². The van der Waals surface area contributed by atoms with E-state index < -0.39 is 0 Å². The van der Waals surface area contributed by atoms with Crippen LogP contribution in [0.4, 0.5) is 0 Å². The summed E-state index contributed by atoms with van der Waals surface area (Å²) in [7, 11) is 0. The van der Waals surface area contributed by atoms with Crippen molar-refractivity contribution in [1.82, 2.24) is 9.78 Å². The first-order valence-electron chi connectivity index (χ1n) is 5.89. The lowest BCUT2D eigenvalue weighted by molar-refractivity contribution is 0.463. The van der Waals surface area contributed by atoms with E-state index in [4.69, 9.17) is 0 Å². The van der Waals surface area contributed by atoms with Crippen LogP contribution >= 0.6 is 0 Å². The van der Waals surface area contributed by atoms with E-state index in [0.717, 1.165) is 12.1 Å². The highest BCUT2D eigenvalue weighted by atomic mass is 16.3. The molecule has 1 aromatic heterocycles. The van der Waals surface area contributed by atoms with Crippen LogP contribution in [0.2, 0.25) is 0 Å². The number of benzene rings is 1. The van der Waals surface area contributed by atoms with Crippen LogP contribution in [0.15, 0.2) is 30.5 Å². The molecule has 2 rings (SSSR count). The summed E-state index contributed by atoms with van der Waals surface area (Å²) in [4.78, 5) is 0. The second-order valence-electron chi connectivity index (χ2n) is 4.85. The molecule has 0 fully saturated rings.